The number of carbonyl (C=O) groups excluding carboxylic acids is 2. The van der Waals surface area contributed by atoms with Gasteiger partial charge in [-0.25, -0.2) is 0 Å². The lowest BCUT2D eigenvalue weighted by Crippen LogP contribution is -2.65. The number of para-hydroxylation sites is 1. The van der Waals surface area contributed by atoms with Gasteiger partial charge in [0, 0.05) is 48.7 Å². The summed E-state index contributed by atoms with van der Waals surface area (Å²) in [5, 5.41) is 1.17. The van der Waals surface area contributed by atoms with Crippen LogP contribution in [0, 0.1) is 0 Å². The number of hydrogen-bond donors (Lipinski definition) is 1. The number of nitrogens with zero attached hydrogens (tertiary/aromatic N) is 3. The van der Waals surface area contributed by atoms with Gasteiger partial charge < -0.3 is 14.8 Å². The van der Waals surface area contributed by atoms with Crippen LogP contribution in [-0.2, 0) is 29.0 Å². The first-order chi connectivity index (χ1) is 19.7. The molecule has 1 aromatic heterocycles. The molecule has 1 N–H and O–H groups in total. The number of benzene rings is 3. The quantitative estimate of drug-likeness (QED) is 0.376. The van der Waals surface area contributed by atoms with E-state index in [4.69, 9.17) is 0 Å². The van der Waals surface area contributed by atoms with Crippen LogP contribution in [0.3, 0.4) is 0 Å². The van der Waals surface area contributed by atoms with Gasteiger partial charge in [-0.15, -0.1) is 0 Å². The summed E-state index contributed by atoms with van der Waals surface area (Å²) >= 11 is 0. The SMILES string of the molecule is O=C1[C@@H]2Cc3c([nH]c4ccccc34)[C@H](CCc3ccccc3)N2C(=O)CN1C1CCN(Cc2ccccc2)CC1. The highest BCUT2D eigenvalue weighted by Crippen LogP contribution is 2.42. The molecule has 2 fully saturated rings. The number of amides is 2. The number of hydrogen-bond acceptors (Lipinski definition) is 3. The molecule has 0 saturated carbocycles. The second-order valence-corrected chi connectivity index (χ2v) is 11.6. The van der Waals surface area contributed by atoms with Crippen LogP contribution in [0.1, 0.15) is 47.7 Å². The number of carbonyl (C=O) groups is 2. The smallest absolute Gasteiger partial charge is 0.246 e. The maximum absolute atomic E-state index is 14.2. The predicted molar refractivity (Wildman–Crippen MR) is 157 cm³/mol. The Morgan fingerprint density at radius 2 is 1.48 bits per heavy atom. The first-order valence-corrected chi connectivity index (χ1v) is 14.7. The third-order valence-electron chi connectivity index (χ3n) is 9.21. The van der Waals surface area contributed by atoms with Gasteiger partial charge in [0.2, 0.25) is 11.8 Å². The van der Waals surface area contributed by atoms with Gasteiger partial charge in [0.25, 0.3) is 0 Å². The first kappa shape index (κ1) is 25.1. The number of aromatic nitrogens is 1. The number of nitrogens with one attached hydrogen (secondary N) is 1. The number of likely N-dealkylation sites (tertiary alicyclic amines) is 1. The minimum absolute atomic E-state index is 0.0821. The van der Waals surface area contributed by atoms with Crippen LogP contribution >= 0.6 is 0 Å². The van der Waals surface area contributed by atoms with Gasteiger partial charge >= 0.3 is 0 Å². The van der Waals surface area contributed by atoms with E-state index in [0.29, 0.717) is 6.42 Å². The van der Waals surface area contributed by atoms with Crippen molar-refractivity contribution in [1.82, 2.24) is 19.7 Å². The maximum Gasteiger partial charge on any atom is 0.246 e. The van der Waals surface area contributed by atoms with Crippen molar-refractivity contribution in [3.63, 3.8) is 0 Å². The fourth-order valence-electron chi connectivity index (χ4n) is 7.20. The van der Waals surface area contributed by atoms with E-state index >= 15 is 0 Å². The summed E-state index contributed by atoms with van der Waals surface area (Å²) in [4.78, 5) is 38.0. The Kier molecular flexibility index (Phi) is 6.64. The topological polar surface area (TPSA) is 59.7 Å². The molecule has 40 heavy (non-hydrogen) atoms. The largest absolute Gasteiger partial charge is 0.356 e. The summed E-state index contributed by atoms with van der Waals surface area (Å²) < 4.78 is 0. The van der Waals surface area contributed by atoms with Gasteiger partial charge in [0.1, 0.15) is 12.6 Å². The highest BCUT2D eigenvalue weighted by atomic mass is 16.2. The Hall–Kier alpha value is -3.90. The van der Waals surface area contributed by atoms with Crippen LogP contribution in [0.4, 0.5) is 0 Å². The molecule has 2 atom stereocenters. The van der Waals surface area contributed by atoms with Crippen LogP contribution in [0.15, 0.2) is 84.9 Å². The van der Waals surface area contributed by atoms with Gasteiger partial charge in [-0.05, 0) is 48.4 Å². The summed E-state index contributed by atoms with van der Waals surface area (Å²) in [7, 11) is 0. The molecule has 2 saturated heterocycles. The highest BCUT2D eigenvalue weighted by Gasteiger charge is 2.49. The van der Waals surface area contributed by atoms with Crippen LogP contribution in [0.5, 0.6) is 0 Å². The predicted octanol–water partition coefficient (Wildman–Crippen LogP) is 5.10. The molecule has 2 amide bonds. The van der Waals surface area contributed by atoms with Crippen molar-refractivity contribution in [3.05, 3.63) is 107 Å². The van der Waals surface area contributed by atoms with Gasteiger partial charge in [-0.2, -0.15) is 0 Å². The average molecular weight is 533 g/mol. The zero-order chi connectivity index (χ0) is 27.1. The molecule has 3 aliphatic heterocycles. The molecular formula is C34H36N4O2. The third-order valence-corrected chi connectivity index (χ3v) is 9.21. The minimum atomic E-state index is -0.434. The third kappa shape index (κ3) is 4.60. The first-order valence-electron chi connectivity index (χ1n) is 14.7. The number of H-pyrrole nitrogens is 1. The zero-order valence-corrected chi connectivity index (χ0v) is 22.8. The standard InChI is InChI=1S/C34H36N4O2/c39-32-23-37(26-17-19-36(20-18-26)22-25-11-5-2-6-12-25)34(40)31-21-28-27-13-7-8-14-29(27)35-33(28)30(38(31)32)16-15-24-9-3-1-4-10-24/h1-14,26,30-31,35H,15-23H2/t30-,31-/m0/s1. The molecule has 3 aliphatic rings. The van der Waals surface area contributed by atoms with Crippen LogP contribution in [0.2, 0.25) is 0 Å². The normalized spacial score (nSPS) is 22.0. The van der Waals surface area contributed by atoms with Crippen LogP contribution in [0.25, 0.3) is 10.9 Å². The van der Waals surface area contributed by atoms with Gasteiger partial charge in [0.05, 0.1) is 6.04 Å². The summed E-state index contributed by atoms with van der Waals surface area (Å²) in [5.41, 5.74) is 5.97. The molecule has 4 heterocycles. The van der Waals surface area contributed by atoms with Crippen molar-refractivity contribution >= 4 is 22.7 Å². The second kappa shape index (κ2) is 10.6. The van der Waals surface area contributed by atoms with E-state index in [1.54, 1.807) is 0 Å². The Labute approximate surface area is 235 Å². The molecule has 6 nitrogen and oxygen atoms in total. The zero-order valence-electron chi connectivity index (χ0n) is 22.8. The molecule has 204 valence electrons. The van der Waals surface area contributed by atoms with E-state index in [-0.39, 0.29) is 30.4 Å². The number of piperazine rings is 1. The summed E-state index contributed by atoms with van der Waals surface area (Å²) in [6, 6.07) is 28.9. The molecular weight excluding hydrogens is 496 g/mol. The monoisotopic (exact) mass is 532 g/mol. The van der Waals surface area contributed by atoms with Crippen LogP contribution in [-0.4, -0.2) is 63.2 Å². The van der Waals surface area contributed by atoms with Crippen molar-refractivity contribution in [2.45, 2.75) is 56.8 Å². The Morgan fingerprint density at radius 1 is 0.800 bits per heavy atom. The van der Waals surface area contributed by atoms with E-state index in [1.807, 2.05) is 21.9 Å². The maximum atomic E-state index is 14.2. The number of rotatable bonds is 6. The lowest BCUT2D eigenvalue weighted by atomic mass is 9.86. The van der Waals surface area contributed by atoms with Gasteiger partial charge in [0.15, 0.2) is 0 Å². The molecule has 6 heteroatoms. The Morgan fingerprint density at radius 3 is 2.23 bits per heavy atom. The molecule has 7 rings (SSSR count). The number of aromatic amines is 1. The molecule has 0 aliphatic carbocycles. The van der Waals surface area contributed by atoms with Gasteiger partial charge in [-0.1, -0.05) is 78.9 Å². The van der Waals surface area contributed by atoms with Gasteiger partial charge in [-0.3, -0.25) is 14.5 Å². The van der Waals surface area contributed by atoms with E-state index in [2.05, 4.69) is 82.7 Å². The molecule has 0 bridgehead atoms. The van der Waals surface area contributed by atoms with Crippen molar-refractivity contribution in [1.29, 1.82) is 0 Å². The molecule has 4 aromatic rings. The second-order valence-electron chi connectivity index (χ2n) is 11.6. The van der Waals surface area contributed by atoms with Crippen LogP contribution < -0.4 is 0 Å². The summed E-state index contributed by atoms with van der Waals surface area (Å²) in [6.45, 7) is 3.01. The van der Waals surface area contributed by atoms with E-state index < -0.39 is 6.04 Å². The lowest BCUT2D eigenvalue weighted by molar-refractivity contribution is -0.163. The molecule has 0 radical (unpaired) electrons. The lowest BCUT2D eigenvalue weighted by Gasteiger charge is -2.49. The van der Waals surface area contributed by atoms with Crippen molar-refractivity contribution in [2.75, 3.05) is 19.6 Å². The van der Waals surface area contributed by atoms with E-state index in [1.165, 1.54) is 22.1 Å². The summed E-state index contributed by atoms with van der Waals surface area (Å²) in [6.07, 6.45) is 4.05. The number of aryl methyl sites for hydroxylation is 1. The highest BCUT2D eigenvalue weighted by molar-refractivity contribution is 5.97. The van der Waals surface area contributed by atoms with E-state index in [9.17, 15) is 9.59 Å². The fraction of sp³-hybridized carbons (Fsp3) is 0.353. The molecule has 3 aromatic carbocycles. The fourth-order valence-corrected chi connectivity index (χ4v) is 7.20. The van der Waals surface area contributed by atoms with Crippen molar-refractivity contribution in [3.8, 4) is 0 Å². The number of fused-ring (bicyclic) bond motifs is 4. The van der Waals surface area contributed by atoms with Crippen molar-refractivity contribution < 1.29 is 9.59 Å². The average Bonchev–Trinajstić information content (AvgIpc) is 3.37. The minimum Gasteiger partial charge on any atom is -0.356 e. The van der Waals surface area contributed by atoms with E-state index in [0.717, 1.165) is 56.5 Å². The summed E-state index contributed by atoms with van der Waals surface area (Å²) in [5.74, 6) is 0.209. The molecule has 0 unspecified atom stereocenters. The van der Waals surface area contributed by atoms with Crippen molar-refractivity contribution in [2.24, 2.45) is 0 Å². The number of piperidine rings is 1. The Balaban J connectivity index is 1.13. The molecule has 0 spiro atoms. The Bertz CT molecular complexity index is 1510.